The maximum absolute atomic E-state index is 12.0. The smallest absolute Gasteiger partial charge is 0.325 e. The van der Waals surface area contributed by atoms with E-state index in [4.69, 9.17) is 5.11 Å². The third-order valence-electron chi connectivity index (χ3n) is 3.07. The second-order valence-corrected chi connectivity index (χ2v) is 4.36. The first-order valence-corrected chi connectivity index (χ1v) is 5.83. The number of carbonyl (C=O) groups is 1. The molecule has 2 heterocycles. The highest BCUT2D eigenvalue weighted by Crippen LogP contribution is 2.17. The van der Waals surface area contributed by atoms with E-state index in [1.54, 1.807) is 4.90 Å². The summed E-state index contributed by atoms with van der Waals surface area (Å²) in [5.74, 6) is -0.187. The minimum absolute atomic E-state index is 0.0321. The van der Waals surface area contributed by atoms with Gasteiger partial charge in [0.05, 0.1) is 19.1 Å². The lowest BCUT2D eigenvalue weighted by atomic mass is 10.2. The van der Waals surface area contributed by atoms with Gasteiger partial charge < -0.3 is 15.0 Å². The Morgan fingerprint density at radius 3 is 2.89 bits per heavy atom. The average Bonchev–Trinajstić information content (AvgIpc) is 2.75. The predicted octanol–water partition coefficient (Wildman–Crippen LogP) is -1.41. The van der Waals surface area contributed by atoms with E-state index in [1.807, 2.05) is 4.98 Å². The van der Waals surface area contributed by atoms with E-state index in [1.165, 1.54) is 6.07 Å². The number of nitrogens with zero attached hydrogens (tertiary/aromatic N) is 1. The minimum Gasteiger partial charge on any atom is -0.394 e. The molecule has 1 aliphatic heterocycles. The summed E-state index contributed by atoms with van der Waals surface area (Å²) >= 11 is 0. The van der Waals surface area contributed by atoms with Crippen LogP contribution in [0, 0.1) is 0 Å². The van der Waals surface area contributed by atoms with Crippen molar-refractivity contribution in [2.24, 2.45) is 0 Å². The molecule has 98 valence electrons. The SMILES string of the molecule is O=C(Cc1cc(=O)[nH]c(=O)[nH]1)N1CCC[C@H]1CO. The van der Waals surface area contributed by atoms with Crippen LogP contribution in [-0.4, -0.2) is 45.1 Å². The van der Waals surface area contributed by atoms with Crippen LogP contribution in [0.1, 0.15) is 18.5 Å². The fourth-order valence-corrected chi connectivity index (χ4v) is 2.23. The molecule has 3 N–H and O–H groups in total. The van der Waals surface area contributed by atoms with Crippen molar-refractivity contribution in [1.82, 2.24) is 14.9 Å². The average molecular weight is 253 g/mol. The maximum atomic E-state index is 12.0. The van der Waals surface area contributed by atoms with Gasteiger partial charge in [-0.2, -0.15) is 0 Å². The highest BCUT2D eigenvalue weighted by Gasteiger charge is 2.27. The summed E-state index contributed by atoms with van der Waals surface area (Å²) in [6, 6.07) is 1.05. The van der Waals surface area contributed by atoms with Crippen LogP contribution in [-0.2, 0) is 11.2 Å². The lowest BCUT2D eigenvalue weighted by Crippen LogP contribution is -2.39. The summed E-state index contributed by atoms with van der Waals surface area (Å²) in [4.78, 5) is 40.2. The Morgan fingerprint density at radius 2 is 2.22 bits per heavy atom. The molecule has 1 amide bonds. The first kappa shape index (κ1) is 12.6. The van der Waals surface area contributed by atoms with Gasteiger partial charge >= 0.3 is 5.69 Å². The molecule has 1 aromatic heterocycles. The molecule has 0 bridgehead atoms. The second kappa shape index (κ2) is 5.18. The van der Waals surface area contributed by atoms with E-state index < -0.39 is 11.2 Å². The quantitative estimate of drug-likeness (QED) is 0.615. The van der Waals surface area contributed by atoms with E-state index in [0.29, 0.717) is 6.54 Å². The van der Waals surface area contributed by atoms with Crippen LogP contribution in [0.25, 0.3) is 0 Å². The van der Waals surface area contributed by atoms with Crippen LogP contribution in [0.2, 0.25) is 0 Å². The number of likely N-dealkylation sites (tertiary alicyclic amines) is 1. The van der Waals surface area contributed by atoms with Crippen LogP contribution in [0.4, 0.5) is 0 Å². The number of aromatic amines is 2. The zero-order valence-electron chi connectivity index (χ0n) is 9.81. The lowest BCUT2D eigenvalue weighted by Gasteiger charge is -2.22. The van der Waals surface area contributed by atoms with Gasteiger partial charge in [-0.25, -0.2) is 4.79 Å². The van der Waals surface area contributed by atoms with Crippen molar-refractivity contribution >= 4 is 5.91 Å². The van der Waals surface area contributed by atoms with Gasteiger partial charge in [0.25, 0.3) is 5.56 Å². The predicted molar refractivity (Wildman–Crippen MR) is 63.2 cm³/mol. The van der Waals surface area contributed by atoms with Crippen molar-refractivity contribution in [3.8, 4) is 0 Å². The number of aliphatic hydroxyl groups excluding tert-OH is 1. The first-order valence-electron chi connectivity index (χ1n) is 5.83. The van der Waals surface area contributed by atoms with E-state index in [2.05, 4.69) is 4.98 Å². The molecule has 1 atom stereocenters. The monoisotopic (exact) mass is 253 g/mol. The molecule has 7 heteroatoms. The number of carbonyl (C=O) groups excluding carboxylic acids is 1. The molecule has 1 saturated heterocycles. The number of H-pyrrole nitrogens is 2. The molecule has 0 aromatic carbocycles. The van der Waals surface area contributed by atoms with Gasteiger partial charge in [-0.05, 0) is 12.8 Å². The van der Waals surface area contributed by atoms with Crippen molar-refractivity contribution in [2.45, 2.75) is 25.3 Å². The Balaban J connectivity index is 2.11. The van der Waals surface area contributed by atoms with Crippen LogP contribution in [0.5, 0.6) is 0 Å². The van der Waals surface area contributed by atoms with Gasteiger partial charge in [0.2, 0.25) is 5.91 Å². The minimum atomic E-state index is -0.620. The Morgan fingerprint density at radius 1 is 1.44 bits per heavy atom. The molecule has 0 saturated carbocycles. The molecule has 0 radical (unpaired) electrons. The number of rotatable bonds is 3. The van der Waals surface area contributed by atoms with Crippen LogP contribution in [0.15, 0.2) is 15.7 Å². The van der Waals surface area contributed by atoms with Crippen molar-refractivity contribution in [2.75, 3.05) is 13.2 Å². The van der Waals surface area contributed by atoms with Gasteiger partial charge in [-0.15, -0.1) is 0 Å². The number of nitrogens with one attached hydrogen (secondary N) is 2. The summed E-state index contributed by atoms with van der Waals surface area (Å²) in [5.41, 5.74) is -0.857. The molecular formula is C11H15N3O4. The number of hydrogen-bond donors (Lipinski definition) is 3. The Hall–Kier alpha value is -1.89. The van der Waals surface area contributed by atoms with Crippen molar-refractivity contribution in [3.05, 3.63) is 32.6 Å². The largest absolute Gasteiger partial charge is 0.394 e. The summed E-state index contributed by atoms with van der Waals surface area (Å²) in [6.07, 6.45) is 1.62. The standard InChI is InChI=1S/C11H15N3O4/c15-6-8-2-1-3-14(8)10(17)5-7-4-9(16)13-11(18)12-7/h4,8,15H,1-3,5-6H2,(H2,12,13,16,18)/t8-/m0/s1. The lowest BCUT2D eigenvalue weighted by molar-refractivity contribution is -0.132. The van der Waals surface area contributed by atoms with E-state index in [9.17, 15) is 14.4 Å². The van der Waals surface area contributed by atoms with E-state index >= 15 is 0 Å². The zero-order chi connectivity index (χ0) is 13.1. The number of aromatic nitrogens is 2. The second-order valence-electron chi connectivity index (χ2n) is 4.36. The van der Waals surface area contributed by atoms with Crippen molar-refractivity contribution in [3.63, 3.8) is 0 Å². The van der Waals surface area contributed by atoms with Crippen molar-refractivity contribution in [1.29, 1.82) is 0 Å². The highest BCUT2D eigenvalue weighted by atomic mass is 16.3. The third-order valence-corrected chi connectivity index (χ3v) is 3.07. The summed E-state index contributed by atoms with van der Waals surface area (Å²) in [5, 5.41) is 9.13. The van der Waals surface area contributed by atoms with Crippen LogP contribution >= 0.6 is 0 Å². The molecule has 0 aliphatic carbocycles. The van der Waals surface area contributed by atoms with Crippen LogP contribution in [0.3, 0.4) is 0 Å². The summed E-state index contributed by atoms with van der Waals surface area (Å²) < 4.78 is 0. The summed E-state index contributed by atoms with van der Waals surface area (Å²) in [6.45, 7) is 0.551. The Labute approximate surface area is 102 Å². The normalized spacial score (nSPS) is 19.2. The highest BCUT2D eigenvalue weighted by molar-refractivity contribution is 5.78. The first-order chi connectivity index (χ1) is 8.60. The fraction of sp³-hybridized carbons (Fsp3) is 0.545. The summed E-state index contributed by atoms with van der Waals surface area (Å²) in [7, 11) is 0. The number of amides is 1. The molecule has 1 aromatic rings. The molecule has 18 heavy (non-hydrogen) atoms. The van der Waals surface area contributed by atoms with E-state index in [0.717, 1.165) is 12.8 Å². The molecular weight excluding hydrogens is 238 g/mol. The van der Waals surface area contributed by atoms with Gasteiger partial charge in [-0.3, -0.25) is 14.6 Å². The molecule has 0 unspecified atom stereocenters. The topological polar surface area (TPSA) is 106 Å². The Bertz CT molecular complexity index is 519. The fourth-order valence-electron chi connectivity index (χ4n) is 2.23. The number of hydrogen-bond acceptors (Lipinski definition) is 4. The molecule has 0 spiro atoms. The van der Waals surface area contributed by atoms with Gasteiger partial charge in [-0.1, -0.05) is 0 Å². The molecule has 1 fully saturated rings. The van der Waals surface area contributed by atoms with Gasteiger partial charge in [0, 0.05) is 18.3 Å². The maximum Gasteiger partial charge on any atom is 0.325 e. The zero-order valence-corrected chi connectivity index (χ0v) is 9.81. The number of aliphatic hydroxyl groups is 1. The van der Waals surface area contributed by atoms with Gasteiger partial charge in [0.15, 0.2) is 0 Å². The molecule has 7 nitrogen and oxygen atoms in total. The van der Waals surface area contributed by atoms with Gasteiger partial charge in [0.1, 0.15) is 0 Å². The Kier molecular flexibility index (Phi) is 3.61. The van der Waals surface area contributed by atoms with E-state index in [-0.39, 0.29) is 30.7 Å². The van der Waals surface area contributed by atoms with Crippen molar-refractivity contribution < 1.29 is 9.90 Å². The van der Waals surface area contributed by atoms with Crippen LogP contribution < -0.4 is 11.2 Å². The molecule has 2 rings (SSSR count). The molecule has 1 aliphatic rings. The third kappa shape index (κ3) is 2.67.